The molecule has 1 heterocycles. The number of carboxylic acid groups (broad SMARTS) is 1. The van der Waals surface area contributed by atoms with Gasteiger partial charge in [0.15, 0.2) is 5.60 Å². The Morgan fingerprint density at radius 1 is 1.13 bits per heavy atom. The van der Waals surface area contributed by atoms with Gasteiger partial charge in [0.05, 0.1) is 12.8 Å². The molecule has 0 amide bonds. The number of carboxylic acids is 1. The molecule has 15 heavy (non-hydrogen) atoms. The highest BCUT2D eigenvalue weighted by molar-refractivity contribution is 5.96. The minimum atomic E-state index is -2.60. The summed E-state index contributed by atoms with van der Waals surface area (Å²) in [5.41, 5.74) is -2.60. The fourth-order valence-corrected chi connectivity index (χ4v) is 0.970. The third-order valence-electron chi connectivity index (χ3n) is 1.67. The first-order chi connectivity index (χ1) is 6.83. The van der Waals surface area contributed by atoms with Crippen molar-refractivity contribution in [2.24, 2.45) is 0 Å². The Kier molecular flexibility index (Phi) is 2.71. The zero-order valence-corrected chi connectivity index (χ0v) is 7.26. The summed E-state index contributed by atoms with van der Waals surface area (Å²) in [5, 5.41) is 17.9. The molecule has 1 saturated heterocycles. The number of cyclic esters (lactones) is 4. The molecule has 8 heteroatoms. The molecule has 0 aromatic carbocycles. The van der Waals surface area contributed by atoms with E-state index in [9.17, 15) is 24.3 Å². The van der Waals surface area contributed by atoms with Crippen LogP contribution in [0.3, 0.4) is 0 Å². The highest BCUT2D eigenvalue weighted by Gasteiger charge is 2.44. The van der Waals surface area contributed by atoms with Crippen LogP contribution in [0.15, 0.2) is 0 Å². The number of hydrogen-bond donors (Lipinski definition) is 2. The number of carbonyl (C=O) groups excluding carboxylic acids is 3. The topological polar surface area (TPSA) is 127 Å². The number of esters is 2. The Balaban J connectivity index is 2.93. The van der Waals surface area contributed by atoms with Crippen LogP contribution in [0.5, 0.6) is 0 Å². The molecular formula is C7H6O8. The zero-order chi connectivity index (χ0) is 11.6. The molecule has 0 radical (unpaired) electrons. The van der Waals surface area contributed by atoms with Gasteiger partial charge < -0.3 is 19.7 Å². The van der Waals surface area contributed by atoms with E-state index < -0.39 is 42.5 Å². The number of carbonyl (C=O) groups is 4. The lowest BCUT2D eigenvalue weighted by atomic mass is 9.96. The number of aliphatic hydroxyl groups is 1. The van der Waals surface area contributed by atoms with Gasteiger partial charge >= 0.3 is 24.1 Å². The Morgan fingerprint density at radius 2 is 1.53 bits per heavy atom. The van der Waals surface area contributed by atoms with E-state index in [-0.39, 0.29) is 0 Å². The fourth-order valence-electron chi connectivity index (χ4n) is 0.970. The summed E-state index contributed by atoms with van der Waals surface area (Å²) in [4.78, 5) is 42.7. The van der Waals surface area contributed by atoms with Crippen LogP contribution in [0.2, 0.25) is 0 Å². The van der Waals surface area contributed by atoms with Crippen molar-refractivity contribution < 1.29 is 38.9 Å². The van der Waals surface area contributed by atoms with Gasteiger partial charge in [-0.2, -0.15) is 0 Å². The van der Waals surface area contributed by atoms with Crippen molar-refractivity contribution in [3.05, 3.63) is 0 Å². The largest absolute Gasteiger partial charge is 0.524 e. The molecule has 0 aliphatic carbocycles. The normalized spacial score (nSPS) is 21.0. The first-order valence-electron chi connectivity index (χ1n) is 3.74. The molecule has 0 bridgehead atoms. The molecule has 0 atom stereocenters. The van der Waals surface area contributed by atoms with Gasteiger partial charge in [-0.15, -0.1) is 0 Å². The van der Waals surface area contributed by atoms with E-state index >= 15 is 0 Å². The van der Waals surface area contributed by atoms with Crippen molar-refractivity contribution >= 4 is 24.1 Å². The van der Waals surface area contributed by atoms with Gasteiger partial charge in [0.2, 0.25) is 0 Å². The van der Waals surface area contributed by atoms with Gasteiger partial charge in [-0.05, 0) is 0 Å². The van der Waals surface area contributed by atoms with Crippen LogP contribution < -0.4 is 0 Å². The fraction of sp³-hybridized carbons (Fsp3) is 0.429. The lowest BCUT2D eigenvalue weighted by Gasteiger charge is -2.22. The predicted molar refractivity (Wildman–Crippen MR) is 39.4 cm³/mol. The number of rotatable bonds is 1. The minimum Gasteiger partial charge on any atom is -0.479 e. The summed E-state index contributed by atoms with van der Waals surface area (Å²) in [6.07, 6.45) is -3.52. The average molecular weight is 218 g/mol. The molecule has 0 aromatic rings. The maximum absolute atomic E-state index is 10.8. The highest BCUT2D eigenvalue weighted by Crippen LogP contribution is 2.20. The third kappa shape index (κ3) is 2.50. The number of hydrogen-bond acceptors (Lipinski definition) is 7. The van der Waals surface area contributed by atoms with Crippen LogP contribution in [0, 0.1) is 0 Å². The van der Waals surface area contributed by atoms with Crippen LogP contribution >= 0.6 is 0 Å². The third-order valence-corrected chi connectivity index (χ3v) is 1.67. The van der Waals surface area contributed by atoms with E-state index in [0.717, 1.165) is 0 Å². The van der Waals surface area contributed by atoms with Crippen LogP contribution in [-0.4, -0.2) is 39.9 Å². The Labute approximate surface area is 82.4 Å². The van der Waals surface area contributed by atoms with Crippen molar-refractivity contribution in [2.45, 2.75) is 18.4 Å². The maximum Gasteiger partial charge on any atom is 0.524 e. The Hall–Kier alpha value is -1.96. The molecular weight excluding hydrogens is 212 g/mol. The standard InChI is InChI=1S/C7H6O8/c8-3-1-7(13,5(10)11)2-4(9)15-6(12)14-3/h13H,1-2H2,(H,10,11). The molecule has 2 N–H and O–H groups in total. The SMILES string of the molecule is O=C1CC(O)(C(=O)O)CC(=O)OC(=O)O1. The van der Waals surface area contributed by atoms with Gasteiger partial charge in [-0.1, -0.05) is 0 Å². The molecule has 1 fully saturated rings. The molecule has 0 aromatic heterocycles. The second kappa shape index (κ2) is 3.65. The molecule has 1 aliphatic heterocycles. The van der Waals surface area contributed by atoms with Gasteiger partial charge in [0.25, 0.3) is 0 Å². The number of aliphatic carboxylic acids is 1. The highest BCUT2D eigenvalue weighted by atomic mass is 16.8. The summed E-state index contributed by atoms with van der Waals surface area (Å²) in [6, 6.07) is 0. The molecule has 0 unspecified atom stereocenters. The van der Waals surface area contributed by atoms with Gasteiger partial charge in [-0.3, -0.25) is 9.59 Å². The van der Waals surface area contributed by atoms with Gasteiger partial charge in [-0.25, -0.2) is 9.59 Å². The summed E-state index contributed by atoms with van der Waals surface area (Å²) in [6.45, 7) is 0. The summed E-state index contributed by atoms with van der Waals surface area (Å²) in [5.74, 6) is -4.33. The first kappa shape index (κ1) is 11.1. The smallest absolute Gasteiger partial charge is 0.479 e. The van der Waals surface area contributed by atoms with Crippen molar-refractivity contribution in [1.82, 2.24) is 0 Å². The molecule has 82 valence electrons. The summed E-state index contributed by atoms with van der Waals surface area (Å²) >= 11 is 0. The van der Waals surface area contributed by atoms with E-state index in [1.54, 1.807) is 0 Å². The van der Waals surface area contributed by atoms with E-state index in [0.29, 0.717) is 0 Å². The Bertz CT molecular complexity index is 321. The van der Waals surface area contributed by atoms with Crippen molar-refractivity contribution in [3.63, 3.8) is 0 Å². The van der Waals surface area contributed by atoms with Gasteiger partial charge in [0.1, 0.15) is 0 Å². The monoisotopic (exact) mass is 218 g/mol. The van der Waals surface area contributed by atoms with Crippen LogP contribution in [0.25, 0.3) is 0 Å². The van der Waals surface area contributed by atoms with Crippen LogP contribution in [-0.2, 0) is 23.9 Å². The second-order valence-electron chi connectivity index (χ2n) is 2.89. The summed E-state index contributed by atoms with van der Waals surface area (Å²) < 4.78 is 7.73. The minimum absolute atomic E-state index is 0.997. The van der Waals surface area contributed by atoms with Crippen molar-refractivity contribution in [1.29, 1.82) is 0 Å². The van der Waals surface area contributed by atoms with E-state index in [4.69, 9.17) is 5.11 Å². The van der Waals surface area contributed by atoms with E-state index in [2.05, 4.69) is 9.47 Å². The van der Waals surface area contributed by atoms with Crippen molar-refractivity contribution in [3.8, 4) is 0 Å². The van der Waals surface area contributed by atoms with Gasteiger partial charge in [0, 0.05) is 0 Å². The Morgan fingerprint density at radius 3 is 1.87 bits per heavy atom. The van der Waals surface area contributed by atoms with E-state index in [1.165, 1.54) is 0 Å². The van der Waals surface area contributed by atoms with Crippen LogP contribution in [0.1, 0.15) is 12.8 Å². The molecule has 0 spiro atoms. The quantitative estimate of drug-likeness (QED) is 0.415. The molecule has 0 saturated carbocycles. The zero-order valence-electron chi connectivity index (χ0n) is 7.26. The van der Waals surface area contributed by atoms with Crippen molar-refractivity contribution in [2.75, 3.05) is 0 Å². The number of ether oxygens (including phenoxy) is 2. The molecule has 1 aliphatic rings. The summed E-state index contributed by atoms with van der Waals surface area (Å²) in [7, 11) is 0. The lowest BCUT2D eigenvalue weighted by Crippen LogP contribution is -2.45. The molecule has 8 nitrogen and oxygen atoms in total. The molecule has 1 rings (SSSR count). The lowest BCUT2D eigenvalue weighted by molar-refractivity contribution is -0.175. The maximum atomic E-state index is 10.8. The average Bonchev–Trinajstić information content (AvgIpc) is 1.99. The van der Waals surface area contributed by atoms with E-state index in [1.807, 2.05) is 0 Å². The predicted octanol–water partition coefficient (Wildman–Crippen LogP) is -1.20. The van der Waals surface area contributed by atoms with Crippen LogP contribution in [0.4, 0.5) is 4.79 Å². The first-order valence-corrected chi connectivity index (χ1v) is 3.74. The second-order valence-corrected chi connectivity index (χ2v) is 2.89.